The predicted molar refractivity (Wildman–Crippen MR) is 71.7 cm³/mol. The molecule has 0 spiro atoms. The van der Waals surface area contributed by atoms with Crippen LogP contribution in [0.15, 0.2) is 30.3 Å². The van der Waals surface area contributed by atoms with Gasteiger partial charge in [0.1, 0.15) is 6.10 Å². The third kappa shape index (κ3) is 6.41. The van der Waals surface area contributed by atoms with Crippen LogP contribution in [0, 0.1) is 0 Å². The van der Waals surface area contributed by atoms with Crippen LogP contribution in [-0.4, -0.2) is 26.5 Å². The standard InChI is InChI=1S/C12H15F3N2O4S/c1-8(17-11(18)12(13,14)15)7-10(21-22(16,19)20)9-5-3-2-4-6-9/h2-6,8,10H,7H2,1H3,(H,17,18)(H2,16,19,20). The highest BCUT2D eigenvalue weighted by Gasteiger charge is 2.39. The van der Waals surface area contributed by atoms with Crippen molar-refractivity contribution in [1.29, 1.82) is 0 Å². The minimum absolute atomic E-state index is 0.206. The summed E-state index contributed by atoms with van der Waals surface area (Å²) in [6, 6.07) is 6.97. The molecule has 10 heteroatoms. The molecule has 0 aliphatic carbocycles. The molecule has 0 aliphatic rings. The largest absolute Gasteiger partial charge is 0.471 e. The fourth-order valence-electron chi connectivity index (χ4n) is 1.75. The molecule has 1 rings (SSSR count). The van der Waals surface area contributed by atoms with Crippen LogP contribution >= 0.6 is 0 Å². The van der Waals surface area contributed by atoms with Gasteiger partial charge in [0.2, 0.25) is 0 Å². The molecule has 0 saturated heterocycles. The number of nitrogens with one attached hydrogen (secondary N) is 1. The lowest BCUT2D eigenvalue weighted by Gasteiger charge is -2.21. The molecular weight excluding hydrogens is 325 g/mol. The Labute approximate surface area is 125 Å². The van der Waals surface area contributed by atoms with Crippen LogP contribution in [0.2, 0.25) is 0 Å². The summed E-state index contributed by atoms with van der Waals surface area (Å²) in [4.78, 5) is 10.9. The van der Waals surface area contributed by atoms with Crippen molar-refractivity contribution in [2.24, 2.45) is 5.14 Å². The van der Waals surface area contributed by atoms with Crippen molar-refractivity contribution in [3.8, 4) is 0 Å². The maximum Gasteiger partial charge on any atom is 0.471 e. The van der Waals surface area contributed by atoms with E-state index in [2.05, 4.69) is 4.18 Å². The lowest BCUT2D eigenvalue weighted by molar-refractivity contribution is -0.174. The molecule has 1 aromatic rings. The van der Waals surface area contributed by atoms with Crippen molar-refractivity contribution in [3.63, 3.8) is 0 Å². The number of carbonyl (C=O) groups is 1. The topological polar surface area (TPSA) is 98.5 Å². The molecule has 22 heavy (non-hydrogen) atoms. The summed E-state index contributed by atoms with van der Waals surface area (Å²) in [7, 11) is -4.31. The fraction of sp³-hybridized carbons (Fsp3) is 0.417. The SMILES string of the molecule is CC(CC(OS(N)(=O)=O)c1ccccc1)NC(=O)C(F)(F)F. The molecule has 0 saturated carbocycles. The van der Waals surface area contributed by atoms with Crippen molar-refractivity contribution < 1.29 is 30.6 Å². The molecule has 0 fully saturated rings. The molecule has 1 aromatic carbocycles. The smallest absolute Gasteiger partial charge is 0.346 e. The van der Waals surface area contributed by atoms with Gasteiger partial charge < -0.3 is 5.32 Å². The monoisotopic (exact) mass is 340 g/mol. The Morgan fingerprint density at radius 1 is 1.32 bits per heavy atom. The van der Waals surface area contributed by atoms with E-state index in [0.29, 0.717) is 5.56 Å². The van der Waals surface area contributed by atoms with Crippen molar-refractivity contribution >= 4 is 16.2 Å². The number of rotatable bonds is 6. The first kappa shape index (κ1) is 18.4. The van der Waals surface area contributed by atoms with Gasteiger partial charge in [-0.25, -0.2) is 9.32 Å². The minimum atomic E-state index is -5.02. The van der Waals surface area contributed by atoms with Gasteiger partial charge in [-0.05, 0) is 18.9 Å². The molecule has 0 bridgehead atoms. The second kappa shape index (κ2) is 7.07. The van der Waals surface area contributed by atoms with Gasteiger partial charge in [-0.1, -0.05) is 30.3 Å². The summed E-state index contributed by atoms with van der Waals surface area (Å²) < 4.78 is 63.4. The highest BCUT2D eigenvalue weighted by Crippen LogP contribution is 2.24. The van der Waals surface area contributed by atoms with E-state index in [4.69, 9.17) is 5.14 Å². The van der Waals surface area contributed by atoms with Gasteiger partial charge in [-0.3, -0.25) is 4.79 Å². The zero-order valence-electron chi connectivity index (χ0n) is 11.5. The van der Waals surface area contributed by atoms with Crippen LogP contribution < -0.4 is 10.5 Å². The van der Waals surface area contributed by atoms with E-state index in [1.807, 2.05) is 0 Å². The second-order valence-corrected chi connectivity index (χ2v) is 5.77. The molecule has 0 aromatic heterocycles. The average molecular weight is 340 g/mol. The number of halogens is 3. The Hall–Kier alpha value is -1.65. The number of hydrogen-bond donors (Lipinski definition) is 2. The highest BCUT2D eigenvalue weighted by molar-refractivity contribution is 7.84. The second-order valence-electron chi connectivity index (χ2n) is 4.60. The average Bonchev–Trinajstić information content (AvgIpc) is 2.36. The normalized spacial score (nSPS) is 15.1. The van der Waals surface area contributed by atoms with E-state index in [1.165, 1.54) is 19.1 Å². The van der Waals surface area contributed by atoms with Gasteiger partial charge in [0, 0.05) is 6.04 Å². The number of nitrogens with two attached hydrogens (primary N) is 1. The molecule has 124 valence electrons. The summed E-state index contributed by atoms with van der Waals surface area (Å²) in [5, 5.41) is 6.53. The maximum atomic E-state index is 12.2. The zero-order chi connectivity index (χ0) is 17.0. The number of alkyl halides is 3. The van der Waals surface area contributed by atoms with Gasteiger partial charge in [0.15, 0.2) is 0 Å². The number of amides is 1. The first-order chi connectivity index (χ1) is 9.99. The van der Waals surface area contributed by atoms with Crippen LogP contribution in [0.25, 0.3) is 0 Å². The van der Waals surface area contributed by atoms with E-state index >= 15 is 0 Å². The third-order valence-electron chi connectivity index (χ3n) is 2.62. The molecule has 3 N–H and O–H groups in total. The highest BCUT2D eigenvalue weighted by atomic mass is 32.2. The van der Waals surface area contributed by atoms with Crippen LogP contribution in [0.3, 0.4) is 0 Å². The van der Waals surface area contributed by atoms with Crippen LogP contribution in [-0.2, 0) is 19.3 Å². The number of hydrogen-bond acceptors (Lipinski definition) is 4. The van der Waals surface area contributed by atoms with Gasteiger partial charge in [-0.2, -0.15) is 21.6 Å². The van der Waals surface area contributed by atoms with E-state index in [-0.39, 0.29) is 6.42 Å². The predicted octanol–water partition coefficient (Wildman–Crippen LogP) is 1.40. The van der Waals surface area contributed by atoms with E-state index in [0.717, 1.165) is 0 Å². The summed E-state index contributed by atoms with van der Waals surface area (Å²) in [5.41, 5.74) is 0.407. The Morgan fingerprint density at radius 3 is 2.32 bits per heavy atom. The summed E-state index contributed by atoms with van der Waals surface area (Å²) in [5.74, 6) is -2.11. The van der Waals surface area contributed by atoms with Gasteiger partial charge in [-0.15, -0.1) is 0 Å². The zero-order valence-corrected chi connectivity index (χ0v) is 12.3. The Bertz CT molecular complexity index is 605. The molecule has 6 nitrogen and oxygen atoms in total. The molecule has 1 amide bonds. The van der Waals surface area contributed by atoms with Crippen molar-refractivity contribution in [1.82, 2.24) is 5.32 Å². The van der Waals surface area contributed by atoms with Gasteiger partial charge in [0.25, 0.3) is 0 Å². The van der Waals surface area contributed by atoms with E-state index < -0.39 is 34.5 Å². The summed E-state index contributed by atoms with van der Waals surface area (Å²) in [6.45, 7) is 1.30. The summed E-state index contributed by atoms with van der Waals surface area (Å²) >= 11 is 0. The Kier molecular flexibility index (Phi) is 5.92. The van der Waals surface area contributed by atoms with Gasteiger partial charge >= 0.3 is 22.4 Å². The lowest BCUT2D eigenvalue weighted by Crippen LogP contribution is -2.42. The molecule has 0 aliphatic heterocycles. The van der Waals surface area contributed by atoms with Crippen molar-refractivity contribution in [2.75, 3.05) is 0 Å². The third-order valence-corrected chi connectivity index (χ3v) is 3.12. The van der Waals surface area contributed by atoms with Crippen molar-refractivity contribution in [2.45, 2.75) is 31.7 Å². The molecule has 2 unspecified atom stereocenters. The Morgan fingerprint density at radius 2 is 1.86 bits per heavy atom. The molecule has 0 radical (unpaired) electrons. The fourth-order valence-corrected chi connectivity index (χ4v) is 2.26. The number of carbonyl (C=O) groups excluding carboxylic acids is 1. The van der Waals surface area contributed by atoms with E-state index in [9.17, 15) is 26.4 Å². The Balaban J connectivity index is 2.83. The van der Waals surface area contributed by atoms with Crippen molar-refractivity contribution in [3.05, 3.63) is 35.9 Å². The van der Waals surface area contributed by atoms with Crippen LogP contribution in [0.1, 0.15) is 25.0 Å². The van der Waals surface area contributed by atoms with Gasteiger partial charge in [0.05, 0.1) is 0 Å². The van der Waals surface area contributed by atoms with Crippen LogP contribution in [0.5, 0.6) is 0 Å². The summed E-state index contributed by atoms with van der Waals surface area (Å²) in [6.07, 6.45) is -6.33. The quantitative estimate of drug-likeness (QED) is 0.818. The molecular formula is C12H15F3N2O4S. The first-order valence-corrected chi connectivity index (χ1v) is 7.60. The molecule has 2 atom stereocenters. The molecule has 0 heterocycles. The van der Waals surface area contributed by atoms with E-state index in [1.54, 1.807) is 23.5 Å². The first-order valence-electron chi connectivity index (χ1n) is 6.12. The van der Waals surface area contributed by atoms with Crippen LogP contribution in [0.4, 0.5) is 13.2 Å². The maximum absolute atomic E-state index is 12.2. The minimum Gasteiger partial charge on any atom is -0.346 e. The lowest BCUT2D eigenvalue weighted by atomic mass is 10.0. The number of benzene rings is 1.